The zero-order valence-corrected chi connectivity index (χ0v) is 10.0. The van der Waals surface area contributed by atoms with Crippen LogP contribution in [0.1, 0.15) is 36.1 Å². The Kier molecular flexibility index (Phi) is 2.76. The average molecular weight is 223 g/mol. The minimum absolute atomic E-state index is 0.227. The van der Waals surface area contributed by atoms with E-state index in [1.807, 2.05) is 6.92 Å². The topological polar surface area (TPSA) is 32.3 Å². The Labute approximate surface area is 95.5 Å². The number of benzene rings is 1. The van der Waals surface area contributed by atoms with Crippen molar-refractivity contribution in [2.45, 2.75) is 39.3 Å². The minimum Gasteiger partial charge on any atom is -0.386 e. The van der Waals surface area contributed by atoms with Crippen LogP contribution in [0.2, 0.25) is 0 Å². The second kappa shape index (κ2) is 3.82. The lowest BCUT2D eigenvalue weighted by Gasteiger charge is -2.26. The third kappa shape index (κ3) is 1.85. The molecule has 0 aliphatic carbocycles. The van der Waals surface area contributed by atoms with E-state index >= 15 is 0 Å². The number of hydrogen-bond acceptors (Lipinski definition) is 2. The van der Waals surface area contributed by atoms with Gasteiger partial charge in [-0.1, -0.05) is 0 Å². The third-order valence-electron chi connectivity index (χ3n) is 3.22. The summed E-state index contributed by atoms with van der Waals surface area (Å²) in [7, 11) is 0. The first-order valence-electron chi connectivity index (χ1n) is 5.65. The summed E-state index contributed by atoms with van der Waals surface area (Å²) in [5, 5.41) is 13.2. The van der Waals surface area contributed by atoms with Gasteiger partial charge in [0.05, 0.1) is 5.60 Å². The van der Waals surface area contributed by atoms with E-state index in [4.69, 9.17) is 0 Å². The maximum Gasteiger partial charge on any atom is 0.132 e. The molecular formula is C13H18FNO. The molecule has 1 heterocycles. The van der Waals surface area contributed by atoms with Crippen LogP contribution in [0.3, 0.4) is 0 Å². The quantitative estimate of drug-likeness (QED) is 0.763. The van der Waals surface area contributed by atoms with Crippen molar-refractivity contribution < 1.29 is 9.50 Å². The average Bonchev–Trinajstić information content (AvgIpc) is 2.22. The molecule has 0 unspecified atom stereocenters. The molecule has 0 spiro atoms. The molecule has 1 aromatic carbocycles. The number of nitrogens with one attached hydrogen (secondary N) is 1. The van der Waals surface area contributed by atoms with Crippen LogP contribution in [-0.2, 0) is 18.6 Å². The van der Waals surface area contributed by atoms with Gasteiger partial charge in [-0.15, -0.1) is 0 Å². The molecule has 0 saturated heterocycles. The molecule has 1 aromatic rings. The Bertz CT molecular complexity index is 421. The minimum atomic E-state index is -1.12. The number of halogens is 1. The number of hydrogen-bond donors (Lipinski definition) is 2. The zero-order chi connectivity index (χ0) is 11.9. The largest absolute Gasteiger partial charge is 0.386 e. The van der Waals surface area contributed by atoms with Gasteiger partial charge in [-0.3, -0.25) is 0 Å². The van der Waals surface area contributed by atoms with E-state index in [1.165, 1.54) is 0 Å². The normalized spacial score (nSPS) is 16.1. The summed E-state index contributed by atoms with van der Waals surface area (Å²) in [6.45, 7) is 6.75. The molecule has 0 aromatic heterocycles. The fraction of sp³-hybridized carbons (Fsp3) is 0.538. The van der Waals surface area contributed by atoms with Gasteiger partial charge in [0, 0.05) is 12.1 Å². The van der Waals surface area contributed by atoms with Crippen molar-refractivity contribution in [2.75, 3.05) is 6.54 Å². The van der Waals surface area contributed by atoms with Crippen LogP contribution in [0.4, 0.5) is 4.39 Å². The predicted molar refractivity (Wildman–Crippen MR) is 61.8 cm³/mol. The molecule has 0 saturated carbocycles. The lowest BCUT2D eigenvalue weighted by atomic mass is 9.87. The monoisotopic (exact) mass is 223 g/mol. The lowest BCUT2D eigenvalue weighted by Crippen LogP contribution is -2.28. The molecule has 3 heteroatoms. The number of fused-ring (bicyclic) bond motifs is 1. The number of aryl methyl sites for hydroxylation is 1. The molecule has 0 fully saturated rings. The van der Waals surface area contributed by atoms with Crippen LogP contribution >= 0.6 is 0 Å². The van der Waals surface area contributed by atoms with Crippen molar-refractivity contribution in [1.82, 2.24) is 5.32 Å². The number of rotatable bonds is 1. The molecule has 2 N–H and O–H groups in total. The van der Waals surface area contributed by atoms with E-state index in [1.54, 1.807) is 19.9 Å². The summed E-state index contributed by atoms with van der Waals surface area (Å²) < 4.78 is 14.2. The molecule has 88 valence electrons. The zero-order valence-electron chi connectivity index (χ0n) is 10.0. The Morgan fingerprint density at radius 2 is 2.06 bits per heavy atom. The van der Waals surface area contributed by atoms with Crippen LogP contribution in [0.25, 0.3) is 0 Å². The molecule has 0 atom stereocenters. The van der Waals surface area contributed by atoms with Gasteiger partial charge >= 0.3 is 0 Å². The SMILES string of the molecule is Cc1cc(C(C)(C)O)c(F)c2c1CNCC2. The highest BCUT2D eigenvalue weighted by atomic mass is 19.1. The maximum atomic E-state index is 14.2. The van der Waals surface area contributed by atoms with Crippen LogP contribution in [0.15, 0.2) is 6.07 Å². The van der Waals surface area contributed by atoms with Gasteiger partial charge in [-0.2, -0.15) is 0 Å². The van der Waals surface area contributed by atoms with E-state index in [-0.39, 0.29) is 5.82 Å². The number of aliphatic hydroxyl groups is 1. The highest BCUT2D eigenvalue weighted by Crippen LogP contribution is 2.30. The van der Waals surface area contributed by atoms with Crippen molar-refractivity contribution >= 4 is 0 Å². The molecular weight excluding hydrogens is 205 g/mol. The van der Waals surface area contributed by atoms with Gasteiger partial charge in [0.15, 0.2) is 0 Å². The summed E-state index contributed by atoms with van der Waals surface area (Å²) in [4.78, 5) is 0. The summed E-state index contributed by atoms with van der Waals surface area (Å²) in [5.41, 5.74) is 2.17. The van der Waals surface area contributed by atoms with Crippen molar-refractivity contribution in [2.24, 2.45) is 0 Å². The van der Waals surface area contributed by atoms with Gasteiger partial charge in [-0.25, -0.2) is 4.39 Å². The Balaban J connectivity index is 2.63. The molecule has 1 aliphatic heterocycles. The van der Waals surface area contributed by atoms with Crippen molar-refractivity contribution in [3.05, 3.63) is 34.1 Å². The third-order valence-corrected chi connectivity index (χ3v) is 3.22. The Hall–Kier alpha value is -0.930. The van der Waals surface area contributed by atoms with E-state index in [0.717, 1.165) is 29.8 Å². The molecule has 2 nitrogen and oxygen atoms in total. The Morgan fingerprint density at radius 1 is 1.38 bits per heavy atom. The van der Waals surface area contributed by atoms with Crippen molar-refractivity contribution in [3.8, 4) is 0 Å². The van der Waals surface area contributed by atoms with Gasteiger partial charge < -0.3 is 10.4 Å². The smallest absolute Gasteiger partial charge is 0.132 e. The first-order chi connectivity index (χ1) is 7.41. The fourth-order valence-corrected chi connectivity index (χ4v) is 2.28. The van der Waals surface area contributed by atoms with E-state index in [0.29, 0.717) is 12.0 Å². The van der Waals surface area contributed by atoms with Gasteiger partial charge in [0.1, 0.15) is 5.82 Å². The molecule has 0 radical (unpaired) electrons. The summed E-state index contributed by atoms with van der Waals surface area (Å²) in [6, 6.07) is 1.77. The predicted octanol–water partition coefficient (Wildman–Crippen LogP) is 2.01. The van der Waals surface area contributed by atoms with Crippen molar-refractivity contribution in [3.63, 3.8) is 0 Å². The second-order valence-electron chi connectivity index (χ2n) is 5.00. The van der Waals surface area contributed by atoms with Crippen LogP contribution in [0, 0.1) is 12.7 Å². The first-order valence-corrected chi connectivity index (χ1v) is 5.65. The highest BCUT2D eigenvalue weighted by Gasteiger charge is 2.26. The lowest BCUT2D eigenvalue weighted by molar-refractivity contribution is 0.0742. The molecule has 1 aliphatic rings. The maximum absolute atomic E-state index is 14.2. The first kappa shape index (κ1) is 11.6. The Morgan fingerprint density at radius 3 is 2.69 bits per heavy atom. The van der Waals surface area contributed by atoms with E-state index in [9.17, 15) is 9.50 Å². The molecule has 16 heavy (non-hydrogen) atoms. The summed E-state index contributed by atoms with van der Waals surface area (Å²) in [5.74, 6) is -0.227. The van der Waals surface area contributed by atoms with Crippen LogP contribution in [0.5, 0.6) is 0 Å². The molecule has 2 rings (SSSR count). The van der Waals surface area contributed by atoms with Gasteiger partial charge in [-0.05, 0) is 56.5 Å². The van der Waals surface area contributed by atoms with Crippen LogP contribution < -0.4 is 5.32 Å². The van der Waals surface area contributed by atoms with Gasteiger partial charge in [0.25, 0.3) is 0 Å². The van der Waals surface area contributed by atoms with Gasteiger partial charge in [0.2, 0.25) is 0 Å². The standard InChI is InChI=1S/C13H18FNO/c1-8-6-11(13(2,3)16)12(14)9-4-5-15-7-10(8)9/h6,15-16H,4-5,7H2,1-3H3. The fourth-order valence-electron chi connectivity index (χ4n) is 2.28. The summed E-state index contributed by atoms with van der Waals surface area (Å²) in [6.07, 6.45) is 0.700. The molecule has 0 amide bonds. The highest BCUT2D eigenvalue weighted by molar-refractivity contribution is 5.43. The van der Waals surface area contributed by atoms with E-state index in [2.05, 4.69) is 5.32 Å². The van der Waals surface area contributed by atoms with E-state index < -0.39 is 5.60 Å². The molecule has 0 bridgehead atoms. The second-order valence-corrected chi connectivity index (χ2v) is 5.00. The van der Waals surface area contributed by atoms with Crippen molar-refractivity contribution in [1.29, 1.82) is 0 Å². The van der Waals surface area contributed by atoms with Crippen LogP contribution in [-0.4, -0.2) is 11.7 Å². The summed E-state index contributed by atoms with van der Waals surface area (Å²) >= 11 is 0.